The first-order valence-electron chi connectivity index (χ1n) is 11.3. The molecule has 0 unspecified atom stereocenters. The van der Waals surface area contributed by atoms with Crippen LogP contribution in [0.4, 0.5) is 0 Å². The first-order chi connectivity index (χ1) is 15.5. The number of nitrogens with zero attached hydrogens (tertiary/aromatic N) is 2. The number of fused-ring (bicyclic) bond motifs is 1. The lowest BCUT2D eigenvalue weighted by atomic mass is 10.1. The summed E-state index contributed by atoms with van der Waals surface area (Å²) in [6.07, 6.45) is 5.29. The summed E-state index contributed by atoms with van der Waals surface area (Å²) in [6, 6.07) is 17.4. The van der Waals surface area contributed by atoms with Crippen LogP contribution in [0.15, 0.2) is 60.8 Å². The molecule has 1 aliphatic heterocycles. The third kappa shape index (κ3) is 4.90. The zero-order valence-electron chi connectivity index (χ0n) is 18.4. The minimum atomic E-state index is -0.612. The zero-order chi connectivity index (χ0) is 22.5. The summed E-state index contributed by atoms with van der Waals surface area (Å²) in [5, 5.41) is 3.53. The average molecular weight is 432 g/mol. The Labute approximate surface area is 188 Å². The van der Waals surface area contributed by atoms with E-state index in [2.05, 4.69) is 17.4 Å². The molecule has 1 aliphatic rings. The number of ketones is 1. The van der Waals surface area contributed by atoms with E-state index in [9.17, 15) is 14.4 Å². The number of hydrogen-bond donors (Lipinski definition) is 1. The number of carbonyl (C=O) groups is 3. The predicted octanol–water partition coefficient (Wildman–Crippen LogP) is 3.58. The molecular weight excluding hydrogens is 402 g/mol. The molecule has 0 aliphatic carbocycles. The van der Waals surface area contributed by atoms with Crippen LogP contribution in [0.2, 0.25) is 0 Å². The third-order valence-corrected chi connectivity index (χ3v) is 6.09. The van der Waals surface area contributed by atoms with Gasteiger partial charge in [-0.1, -0.05) is 48.5 Å². The summed E-state index contributed by atoms with van der Waals surface area (Å²) < 4.78 is 1.79. The summed E-state index contributed by atoms with van der Waals surface area (Å²) in [7, 11) is 0. The highest BCUT2D eigenvalue weighted by Crippen LogP contribution is 2.23. The van der Waals surface area contributed by atoms with E-state index in [0.29, 0.717) is 10.9 Å². The van der Waals surface area contributed by atoms with E-state index in [1.54, 1.807) is 10.8 Å². The van der Waals surface area contributed by atoms with Gasteiger partial charge in [-0.25, -0.2) is 0 Å². The smallest absolute Gasteiger partial charge is 0.292 e. The number of likely N-dealkylation sites (tertiary alicyclic amines) is 1. The number of benzene rings is 2. The van der Waals surface area contributed by atoms with E-state index in [1.807, 2.05) is 54.3 Å². The Morgan fingerprint density at radius 2 is 1.66 bits per heavy atom. The van der Waals surface area contributed by atoms with Crippen molar-refractivity contribution in [1.82, 2.24) is 14.8 Å². The molecule has 2 amide bonds. The predicted molar refractivity (Wildman–Crippen MR) is 124 cm³/mol. The molecule has 1 fully saturated rings. The van der Waals surface area contributed by atoms with Crippen molar-refractivity contribution >= 4 is 28.5 Å². The Morgan fingerprint density at radius 3 is 2.41 bits per heavy atom. The summed E-state index contributed by atoms with van der Waals surface area (Å²) in [5.41, 5.74) is 2.32. The first kappa shape index (κ1) is 21.8. The molecule has 6 heteroatoms. The topological polar surface area (TPSA) is 71.4 Å². The van der Waals surface area contributed by atoms with Crippen LogP contribution in [0.5, 0.6) is 0 Å². The molecule has 1 aromatic heterocycles. The second-order valence-corrected chi connectivity index (χ2v) is 8.50. The zero-order valence-corrected chi connectivity index (χ0v) is 18.4. The van der Waals surface area contributed by atoms with Crippen molar-refractivity contribution in [2.24, 2.45) is 0 Å². The van der Waals surface area contributed by atoms with Gasteiger partial charge >= 0.3 is 0 Å². The number of rotatable bonds is 8. The number of aromatic nitrogens is 1. The van der Waals surface area contributed by atoms with Crippen LogP contribution < -0.4 is 5.32 Å². The fraction of sp³-hybridized carbons (Fsp3) is 0.346. The van der Waals surface area contributed by atoms with Gasteiger partial charge in [0.1, 0.15) is 6.54 Å². The highest BCUT2D eigenvalue weighted by Gasteiger charge is 2.24. The van der Waals surface area contributed by atoms with Crippen molar-refractivity contribution in [2.45, 2.75) is 45.2 Å². The molecule has 1 atom stereocenters. The minimum Gasteiger partial charge on any atom is -0.347 e. The molecule has 32 heavy (non-hydrogen) atoms. The number of hydrogen-bond acceptors (Lipinski definition) is 3. The lowest BCUT2D eigenvalue weighted by molar-refractivity contribution is -0.130. The summed E-state index contributed by atoms with van der Waals surface area (Å²) in [5.74, 6) is -1.14. The first-order valence-corrected chi connectivity index (χ1v) is 11.3. The quantitative estimate of drug-likeness (QED) is 0.438. The van der Waals surface area contributed by atoms with Gasteiger partial charge in [0, 0.05) is 36.2 Å². The standard InChI is InChI=1S/C26H29N3O3/c1-19(13-14-20-9-3-2-4-10-20)27-26(32)25(31)22-17-29(23-12-6-5-11-21(22)23)18-24(30)28-15-7-8-16-28/h2-6,9-12,17,19H,7-8,13-16,18H2,1H3,(H,27,32)/t19-/m1/s1. The van der Waals surface area contributed by atoms with Crippen LogP contribution in [-0.4, -0.2) is 46.2 Å². The van der Waals surface area contributed by atoms with Crippen LogP contribution >= 0.6 is 0 Å². The van der Waals surface area contributed by atoms with Crippen LogP contribution in [0.1, 0.15) is 42.1 Å². The van der Waals surface area contributed by atoms with Gasteiger partial charge in [-0.05, 0) is 44.2 Å². The van der Waals surface area contributed by atoms with Crippen LogP contribution in [0.25, 0.3) is 10.9 Å². The Bertz CT molecular complexity index is 1110. The third-order valence-electron chi connectivity index (χ3n) is 6.09. The molecule has 4 rings (SSSR count). The SMILES string of the molecule is C[C@H](CCc1ccccc1)NC(=O)C(=O)c1cn(CC(=O)N2CCCC2)c2ccccc12. The van der Waals surface area contributed by atoms with Crippen molar-refractivity contribution in [2.75, 3.05) is 13.1 Å². The molecule has 3 aromatic rings. The summed E-state index contributed by atoms with van der Waals surface area (Å²) >= 11 is 0. The number of nitrogens with one attached hydrogen (secondary N) is 1. The number of carbonyl (C=O) groups excluding carboxylic acids is 3. The maximum atomic E-state index is 13.0. The van der Waals surface area contributed by atoms with E-state index >= 15 is 0 Å². The van der Waals surface area contributed by atoms with Crippen LogP contribution in [0, 0.1) is 0 Å². The van der Waals surface area contributed by atoms with Gasteiger partial charge in [0.05, 0.1) is 5.56 Å². The maximum absolute atomic E-state index is 13.0. The highest BCUT2D eigenvalue weighted by molar-refractivity contribution is 6.45. The summed E-state index contributed by atoms with van der Waals surface area (Å²) in [6.45, 7) is 3.65. The van der Waals surface area contributed by atoms with Crippen molar-refractivity contribution in [3.8, 4) is 0 Å². The normalized spacial score (nSPS) is 14.5. The second-order valence-electron chi connectivity index (χ2n) is 8.50. The van der Waals surface area contributed by atoms with E-state index in [-0.39, 0.29) is 18.5 Å². The molecular formula is C26H29N3O3. The van der Waals surface area contributed by atoms with Crippen LogP contribution in [-0.2, 0) is 22.6 Å². The lowest BCUT2D eigenvalue weighted by Crippen LogP contribution is -2.37. The molecule has 0 spiro atoms. The van der Waals surface area contributed by atoms with Gasteiger partial charge in [0.2, 0.25) is 5.91 Å². The number of para-hydroxylation sites is 1. The van der Waals surface area contributed by atoms with E-state index in [4.69, 9.17) is 0 Å². The Kier molecular flexibility index (Phi) is 6.69. The molecule has 1 N–H and O–H groups in total. The number of aryl methyl sites for hydroxylation is 1. The highest BCUT2D eigenvalue weighted by atomic mass is 16.2. The molecule has 2 heterocycles. The number of amides is 2. The largest absolute Gasteiger partial charge is 0.347 e. The molecule has 0 radical (unpaired) electrons. The summed E-state index contributed by atoms with van der Waals surface area (Å²) in [4.78, 5) is 40.2. The van der Waals surface area contributed by atoms with Crippen molar-refractivity contribution < 1.29 is 14.4 Å². The van der Waals surface area contributed by atoms with Crippen LogP contribution in [0.3, 0.4) is 0 Å². The molecule has 166 valence electrons. The van der Waals surface area contributed by atoms with Crippen molar-refractivity contribution in [1.29, 1.82) is 0 Å². The Morgan fingerprint density at radius 1 is 0.969 bits per heavy atom. The average Bonchev–Trinajstić information content (AvgIpc) is 3.47. The number of Topliss-reactive ketones (excluding diaryl/α,β-unsaturated/α-hetero) is 1. The Hall–Kier alpha value is -3.41. The van der Waals surface area contributed by atoms with E-state index < -0.39 is 11.7 Å². The maximum Gasteiger partial charge on any atom is 0.292 e. The molecule has 1 saturated heterocycles. The van der Waals surface area contributed by atoms with E-state index in [0.717, 1.165) is 44.3 Å². The van der Waals surface area contributed by atoms with Gasteiger partial charge in [-0.2, -0.15) is 0 Å². The fourth-order valence-corrected chi connectivity index (χ4v) is 4.28. The second kappa shape index (κ2) is 9.81. The fourth-order valence-electron chi connectivity index (χ4n) is 4.28. The molecule has 6 nitrogen and oxygen atoms in total. The van der Waals surface area contributed by atoms with Gasteiger partial charge < -0.3 is 14.8 Å². The van der Waals surface area contributed by atoms with Gasteiger partial charge in [-0.3, -0.25) is 14.4 Å². The minimum absolute atomic E-state index is 0.0428. The van der Waals surface area contributed by atoms with Crippen molar-refractivity contribution in [3.63, 3.8) is 0 Å². The van der Waals surface area contributed by atoms with Gasteiger partial charge in [0.25, 0.3) is 11.7 Å². The van der Waals surface area contributed by atoms with Gasteiger partial charge in [0.15, 0.2) is 0 Å². The molecule has 2 aromatic carbocycles. The van der Waals surface area contributed by atoms with Crippen molar-refractivity contribution in [3.05, 3.63) is 71.9 Å². The molecule has 0 bridgehead atoms. The van der Waals surface area contributed by atoms with E-state index in [1.165, 1.54) is 5.56 Å². The monoisotopic (exact) mass is 431 g/mol. The van der Waals surface area contributed by atoms with Gasteiger partial charge in [-0.15, -0.1) is 0 Å². The molecule has 0 saturated carbocycles. The Balaban J connectivity index is 1.45. The lowest BCUT2D eigenvalue weighted by Gasteiger charge is -2.16.